The summed E-state index contributed by atoms with van der Waals surface area (Å²) in [6, 6.07) is 4.76. The minimum Gasteiger partial charge on any atom is -0.423 e. The number of benzene rings is 1. The van der Waals surface area contributed by atoms with Crippen LogP contribution in [-0.2, 0) is 13.0 Å². The van der Waals surface area contributed by atoms with E-state index in [0.717, 1.165) is 10.2 Å². The van der Waals surface area contributed by atoms with Gasteiger partial charge in [0, 0.05) is 16.5 Å². The van der Waals surface area contributed by atoms with Gasteiger partial charge in [0.2, 0.25) is 0 Å². The predicted octanol–water partition coefficient (Wildman–Crippen LogP) is 3.92. The first-order chi connectivity index (χ1) is 11.4. The van der Waals surface area contributed by atoms with Crippen molar-refractivity contribution in [1.29, 1.82) is 0 Å². The van der Waals surface area contributed by atoms with E-state index >= 15 is 0 Å². The van der Waals surface area contributed by atoms with Crippen molar-refractivity contribution >= 4 is 45.8 Å². The molecular formula is C16H11Cl3N2O3. The molecule has 24 heavy (non-hydrogen) atoms. The van der Waals surface area contributed by atoms with Crippen LogP contribution in [0, 0.1) is 0 Å². The molecule has 5 nitrogen and oxygen atoms in total. The fourth-order valence-corrected chi connectivity index (χ4v) is 2.98. The van der Waals surface area contributed by atoms with Gasteiger partial charge in [-0.15, -0.1) is 0 Å². The van der Waals surface area contributed by atoms with Gasteiger partial charge in [-0.05, 0) is 29.7 Å². The topological polar surface area (TPSA) is 65.1 Å². The van der Waals surface area contributed by atoms with Gasteiger partial charge in [-0.1, -0.05) is 41.7 Å². The summed E-state index contributed by atoms with van der Waals surface area (Å²) in [6.07, 6.45) is 1.98. The van der Waals surface area contributed by atoms with Crippen molar-refractivity contribution in [2.24, 2.45) is 0 Å². The number of fused-ring (bicyclic) bond motifs is 1. The van der Waals surface area contributed by atoms with Crippen LogP contribution in [0.2, 0.25) is 15.1 Å². The standard InChI is InChI=1S/C16H11Cl3N2O3/c1-2-8-3-13-10(5-11(8)17)9(4-14(22)24-13)7-21-16(23)15(19)12(18)6-20-21/h3-6H,2,7H2,1H3. The summed E-state index contributed by atoms with van der Waals surface area (Å²) in [7, 11) is 0. The Balaban J connectivity index is 2.20. The van der Waals surface area contributed by atoms with Crippen LogP contribution >= 0.6 is 34.8 Å². The summed E-state index contributed by atoms with van der Waals surface area (Å²) in [5.41, 5.74) is 0.775. The molecule has 0 aliphatic carbocycles. The van der Waals surface area contributed by atoms with Crippen LogP contribution in [0.4, 0.5) is 0 Å². The highest BCUT2D eigenvalue weighted by atomic mass is 35.5. The van der Waals surface area contributed by atoms with Gasteiger partial charge in [-0.2, -0.15) is 5.10 Å². The largest absolute Gasteiger partial charge is 0.423 e. The number of aromatic nitrogens is 2. The maximum absolute atomic E-state index is 12.1. The second-order valence-corrected chi connectivity index (χ2v) is 6.35. The molecule has 3 rings (SSSR count). The molecule has 0 saturated carbocycles. The van der Waals surface area contributed by atoms with E-state index in [1.165, 1.54) is 12.3 Å². The Hall–Kier alpha value is -1.82. The number of aryl methyl sites for hydroxylation is 1. The lowest BCUT2D eigenvalue weighted by Gasteiger charge is -2.10. The Kier molecular flexibility index (Phi) is 4.67. The van der Waals surface area contributed by atoms with Crippen LogP contribution < -0.4 is 11.2 Å². The van der Waals surface area contributed by atoms with Gasteiger partial charge in [-0.3, -0.25) is 4.79 Å². The predicted molar refractivity (Wildman–Crippen MR) is 94.5 cm³/mol. The fraction of sp³-hybridized carbons (Fsp3) is 0.188. The first kappa shape index (κ1) is 17.0. The average Bonchev–Trinajstić information content (AvgIpc) is 2.55. The third-order valence-corrected chi connectivity index (χ3v) is 4.74. The van der Waals surface area contributed by atoms with Gasteiger partial charge >= 0.3 is 5.63 Å². The summed E-state index contributed by atoms with van der Waals surface area (Å²) < 4.78 is 6.37. The van der Waals surface area contributed by atoms with Gasteiger partial charge in [-0.25, -0.2) is 9.48 Å². The molecule has 0 saturated heterocycles. The zero-order valence-electron chi connectivity index (χ0n) is 12.5. The second-order valence-electron chi connectivity index (χ2n) is 5.15. The van der Waals surface area contributed by atoms with E-state index in [0.29, 0.717) is 28.0 Å². The summed E-state index contributed by atoms with van der Waals surface area (Å²) in [5, 5.41) is 5.10. The summed E-state index contributed by atoms with van der Waals surface area (Å²) >= 11 is 17.9. The molecule has 0 spiro atoms. The van der Waals surface area contributed by atoms with Crippen LogP contribution in [0.15, 0.2) is 38.4 Å². The molecule has 0 aliphatic rings. The molecule has 0 fully saturated rings. The summed E-state index contributed by atoms with van der Waals surface area (Å²) in [4.78, 5) is 24.0. The lowest BCUT2D eigenvalue weighted by atomic mass is 10.1. The molecule has 1 aromatic carbocycles. The van der Waals surface area contributed by atoms with Crippen molar-refractivity contribution < 1.29 is 4.42 Å². The third-order valence-electron chi connectivity index (χ3n) is 3.64. The third kappa shape index (κ3) is 3.07. The van der Waals surface area contributed by atoms with Crippen molar-refractivity contribution in [2.45, 2.75) is 19.9 Å². The average molecular weight is 386 g/mol. The van der Waals surface area contributed by atoms with Crippen LogP contribution in [0.3, 0.4) is 0 Å². The second kappa shape index (κ2) is 6.59. The normalized spacial score (nSPS) is 11.2. The van der Waals surface area contributed by atoms with Crippen LogP contribution in [-0.4, -0.2) is 9.78 Å². The number of hydrogen-bond acceptors (Lipinski definition) is 4. The first-order valence-electron chi connectivity index (χ1n) is 7.07. The maximum atomic E-state index is 12.1. The number of nitrogens with zero attached hydrogens (tertiary/aromatic N) is 2. The molecule has 0 aliphatic heterocycles. The van der Waals surface area contributed by atoms with Gasteiger partial charge in [0.15, 0.2) is 0 Å². The van der Waals surface area contributed by atoms with Crippen LogP contribution in [0.5, 0.6) is 0 Å². The number of rotatable bonds is 3. The summed E-state index contributed by atoms with van der Waals surface area (Å²) in [6.45, 7) is 1.99. The Bertz CT molecular complexity index is 1060. The Morgan fingerprint density at radius 2 is 1.83 bits per heavy atom. The van der Waals surface area contributed by atoms with E-state index in [1.54, 1.807) is 12.1 Å². The molecule has 2 aromatic heterocycles. The molecule has 0 unspecified atom stereocenters. The molecule has 3 aromatic rings. The van der Waals surface area contributed by atoms with Crippen LogP contribution in [0.25, 0.3) is 11.0 Å². The van der Waals surface area contributed by atoms with E-state index in [9.17, 15) is 9.59 Å². The van der Waals surface area contributed by atoms with E-state index in [4.69, 9.17) is 39.2 Å². The smallest absolute Gasteiger partial charge is 0.336 e. The first-order valence-corrected chi connectivity index (χ1v) is 8.20. The minimum atomic E-state index is -0.540. The molecule has 0 N–H and O–H groups in total. The lowest BCUT2D eigenvalue weighted by molar-refractivity contribution is 0.554. The molecule has 124 valence electrons. The van der Waals surface area contributed by atoms with E-state index in [1.807, 2.05) is 6.92 Å². The maximum Gasteiger partial charge on any atom is 0.336 e. The monoisotopic (exact) mass is 384 g/mol. The molecule has 2 heterocycles. The molecule has 0 amide bonds. The SMILES string of the molecule is CCc1cc2oc(=O)cc(Cn3ncc(Cl)c(Cl)c3=O)c2cc1Cl. The molecule has 0 bridgehead atoms. The molecular weight excluding hydrogens is 375 g/mol. The Morgan fingerprint density at radius 3 is 2.54 bits per heavy atom. The highest BCUT2D eigenvalue weighted by Crippen LogP contribution is 2.26. The van der Waals surface area contributed by atoms with Crippen molar-refractivity contribution in [3.05, 3.63) is 71.4 Å². The van der Waals surface area contributed by atoms with Gasteiger partial charge < -0.3 is 4.42 Å². The van der Waals surface area contributed by atoms with E-state index in [-0.39, 0.29) is 16.6 Å². The van der Waals surface area contributed by atoms with Crippen LogP contribution in [0.1, 0.15) is 18.1 Å². The zero-order chi connectivity index (χ0) is 17.4. The highest BCUT2D eigenvalue weighted by molar-refractivity contribution is 6.41. The number of halogens is 3. The number of hydrogen-bond donors (Lipinski definition) is 0. The van der Waals surface area contributed by atoms with Crippen molar-refractivity contribution in [2.75, 3.05) is 0 Å². The van der Waals surface area contributed by atoms with Crippen molar-refractivity contribution in [1.82, 2.24) is 9.78 Å². The zero-order valence-corrected chi connectivity index (χ0v) is 14.7. The van der Waals surface area contributed by atoms with Gasteiger partial charge in [0.25, 0.3) is 5.56 Å². The van der Waals surface area contributed by atoms with Crippen molar-refractivity contribution in [3.8, 4) is 0 Å². The quantitative estimate of drug-likeness (QED) is 0.641. The van der Waals surface area contributed by atoms with Crippen molar-refractivity contribution in [3.63, 3.8) is 0 Å². The van der Waals surface area contributed by atoms with Gasteiger partial charge in [0.05, 0.1) is 17.8 Å². The molecule has 8 heteroatoms. The molecule has 0 atom stereocenters. The van der Waals surface area contributed by atoms with E-state index < -0.39 is 11.2 Å². The lowest BCUT2D eigenvalue weighted by Crippen LogP contribution is -2.24. The molecule has 0 radical (unpaired) electrons. The fourth-order valence-electron chi connectivity index (χ4n) is 2.41. The minimum absolute atomic E-state index is 0.0413. The van der Waals surface area contributed by atoms with E-state index in [2.05, 4.69) is 5.10 Å². The Morgan fingerprint density at radius 1 is 1.08 bits per heavy atom. The van der Waals surface area contributed by atoms with Gasteiger partial charge in [0.1, 0.15) is 10.6 Å². The summed E-state index contributed by atoms with van der Waals surface area (Å²) in [5.74, 6) is 0. The Labute approximate surface area is 151 Å². The highest BCUT2D eigenvalue weighted by Gasteiger charge is 2.13.